The summed E-state index contributed by atoms with van der Waals surface area (Å²) in [6.45, 7) is 0.292. The molecule has 0 unspecified atom stereocenters. The van der Waals surface area contributed by atoms with Gasteiger partial charge < -0.3 is 9.47 Å². The molecule has 3 heteroatoms. The quantitative estimate of drug-likeness (QED) is 0.739. The van der Waals surface area contributed by atoms with Gasteiger partial charge in [0, 0.05) is 20.0 Å². The maximum Gasteiger partial charge on any atom is 0.188 e. The van der Waals surface area contributed by atoms with E-state index >= 15 is 0 Å². The number of carbonyl (C=O) groups is 1. The molecule has 2 rings (SSSR count). The first kappa shape index (κ1) is 16.0. The second kappa shape index (κ2) is 8.83. The van der Waals surface area contributed by atoms with E-state index < -0.39 is 0 Å². The number of Topliss-reactive ketones (excluding diaryl/α,β-unsaturated/α-hetero) is 1. The first-order valence-electron chi connectivity index (χ1n) is 8.00. The molecule has 0 bridgehead atoms. The largest absolute Gasteiger partial charge is 0.468 e. The van der Waals surface area contributed by atoms with Crippen LogP contribution in [-0.4, -0.2) is 19.7 Å². The summed E-state index contributed by atoms with van der Waals surface area (Å²) in [5.74, 6) is 2.09. The summed E-state index contributed by atoms with van der Waals surface area (Å²) in [6.07, 6.45) is 8.50. The van der Waals surface area contributed by atoms with Gasteiger partial charge in [-0.05, 0) is 49.3 Å². The highest BCUT2D eigenvalue weighted by molar-refractivity contribution is 5.78. The lowest BCUT2D eigenvalue weighted by atomic mass is 9.87. The number of rotatable bonds is 6. The van der Waals surface area contributed by atoms with Gasteiger partial charge in [-0.1, -0.05) is 25.0 Å². The topological polar surface area (TPSA) is 35.5 Å². The standard InChI is InChI=1S/C18H26O3/c1-20-14-21-18-12-10-16(11-13-18)9-8-15-4-2-6-17(19)7-3-5-15/h10-13,15H,2-9,14H2,1H3. The third-order valence-electron chi connectivity index (χ3n) is 4.24. The molecular weight excluding hydrogens is 264 g/mol. The third-order valence-corrected chi connectivity index (χ3v) is 4.24. The van der Waals surface area contributed by atoms with Crippen molar-refractivity contribution in [1.82, 2.24) is 0 Å². The monoisotopic (exact) mass is 290 g/mol. The third kappa shape index (κ3) is 5.88. The maximum atomic E-state index is 11.4. The molecule has 0 aromatic heterocycles. The number of hydrogen-bond acceptors (Lipinski definition) is 3. The molecule has 21 heavy (non-hydrogen) atoms. The second-order valence-corrected chi connectivity index (χ2v) is 5.92. The summed E-state index contributed by atoms with van der Waals surface area (Å²) >= 11 is 0. The zero-order valence-electron chi connectivity index (χ0n) is 13.0. The highest BCUT2D eigenvalue weighted by Gasteiger charge is 2.14. The zero-order chi connectivity index (χ0) is 14.9. The van der Waals surface area contributed by atoms with E-state index in [1.54, 1.807) is 7.11 Å². The van der Waals surface area contributed by atoms with Gasteiger partial charge in [0.1, 0.15) is 11.5 Å². The van der Waals surface area contributed by atoms with Crippen LogP contribution in [0.2, 0.25) is 0 Å². The molecule has 1 aromatic carbocycles. The Labute approximate surface area is 127 Å². The van der Waals surface area contributed by atoms with Crippen molar-refractivity contribution in [2.75, 3.05) is 13.9 Å². The van der Waals surface area contributed by atoms with Crippen molar-refractivity contribution in [3.8, 4) is 5.75 Å². The van der Waals surface area contributed by atoms with Crippen molar-refractivity contribution in [3.63, 3.8) is 0 Å². The van der Waals surface area contributed by atoms with Crippen LogP contribution in [0.3, 0.4) is 0 Å². The smallest absolute Gasteiger partial charge is 0.188 e. The average molecular weight is 290 g/mol. The van der Waals surface area contributed by atoms with Gasteiger partial charge in [-0.15, -0.1) is 0 Å². The molecule has 1 fully saturated rings. The van der Waals surface area contributed by atoms with Crippen LogP contribution in [0.4, 0.5) is 0 Å². The lowest BCUT2D eigenvalue weighted by Crippen LogP contribution is -2.09. The average Bonchev–Trinajstić information content (AvgIpc) is 2.48. The Bertz CT molecular complexity index is 413. The maximum absolute atomic E-state index is 11.4. The first-order chi connectivity index (χ1) is 10.3. The van der Waals surface area contributed by atoms with Crippen molar-refractivity contribution in [2.24, 2.45) is 5.92 Å². The van der Waals surface area contributed by atoms with Crippen LogP contribution in [0.15, 0.2) is 24.3 Å². The summed E-state index contributed by atoms with van der Waals surface area (Å²) in [4.78, 5) is 11.4. The van der Waals surface area contributed by atoms with E-state index in [-0.39, 0.29) is 0 Å². The normalized spacial score (nSPS) is 17.3. The molecular formula is C18H26O3. The van der Waals surface area contributed by atoms with Crippen molar-refractivity contribution in [1.29, 1.82) is 0 Å². The lowest BCUT2D eigenvalue weighted by Gasteiger charge is -2.19. The Morgan fingerprint density at radius 1 is 1.10 bits per heavy atom. The predicted octanol–water partition coefficient (Wildman–Crippen LogP) is 4.14. The SMILES string of the molecule is COCOc1ccc(CCC2CCCC(=O)CCC2)cc1. The van der Waals surface area contributed by atoms with Crippen molar-refractivity contribution < 1.29 is 14.3 Å². The molecule has 0 aliphatic heterocycles. The van der Waals surface area contributed by atoms with Crippen LogP contribution in [0.5, 0.6) is 5.75 Å². The van der Waals surface area contributed by atoms with Gasteiger partial charge in [0.25, 0.3) is 0 Å². The number of ether oxygens (including phenoxy) is 2. The highest BCUT2D eigenvalue weighted by Crippen LogP contribution is 2.25. The molecule has 0 heterocycles. The summed E-state index contributed by atoms with van der Waals surface area (Å²) in [7, 11) is 1.62. The second-order valence-electron chi connectivity index (χ2n) is 5.92. The van der Waals surface area contributed by atoms with Crippen LogP contribution in [0, 0.1) is 5.92 Å². The molecule has 0 N–H and O–H groups in total. The summed E-state index contributed by atoms with van der Waals surface area (Å²) in [5.41, 5.74) is 1.36. The molecule has 1 aliphatic carbocycles. The number of methoxy groups -OCH3 is 1. The van der Waals surface area contributed by atoms with Gasteiger partial charge in [-0.25, -0.2) is 0 Å². The molecule has 3 nitrogen and oxygen atoms in total. The minimum Gasteiger partial charge on any atom is -0.468 e. The van der Waals surface area contributed by atoms with E-state index in [1.165, 1.54) is 24.8 Å². The lowest BCUT2D eigenvalue weighted by molar-refractivity contribution is -0.119. The highest BCUT2D eigenvalue weighted by atomic mass is 16.7. The fraction of sp³-hybridized carbons (Fsp3) is 0.611. The fourth-order valence-electron chi connectivity index (χ4n) is 2.98. The van der Waals surface area contributed by atoms with E-state index in [0.717, 1.165) is 43.8 Å². The Morgan fingerprint density at radius 3 is 2.38 bits per heavy atom. The molecule has 1 aliphatic rings. The van der Waals surface area contributed by atoms with Gasteiger partial charge >= 0.3 is 0 Å². The molecule has 0 spiro atoms. The summed E-state index contributed by atoms with van der Waals surface area (Å²) in [5, 5.41) is 0. The van der Waals surface area contributed by atoms with Crippen LogP contribution in [0.1, 0.15) is 50.5 Å². The molecule has 0 radical (unpaired) electrons. The summed E-state index contributed by atoms with van der Waals surface area (Å²) in [6, 6.07) is 8.28. The van der Waals surface area contributed by atoms with Crippen LogP contribution < -0.4 is 4.74 Å². The first-order valence-corrected chi connectivity index (χ1v) is 8.00. The van der Waals surface area contributed by atoms with Gasteiger partial charge in [-0.2, -0.15) is 0 Å². The Balaban J connectivity index is 1.75. The van der Waals surface area contributed by atoms with E-state index in [4.69, 9.17) is 9.47 Å². The Hall–Kier alpha value is -1.35. The van der Waals surface area contributed by atoms with E-state index in [2.05, 4.69) is 12.1 Å². The Morgan fingerprint density at radius 2 is 1.76 bits per heavy atom. The Kier molecular flexibility index (Phi) is 6.74. The van der Waals surface area contributed by atoms with Crippen LogP contribution in [0.25, 0.3) is 0 Å². The van der Waals surface area contributed by atoms with E-state index in [0.29, 0.717) is 12.6 Å². The fourth-order valence-corrected chi connectivity index (χ4v) is 2.98. The number of ketones is 1. The van der Waals surface area contributed by atoms with Gasteiger partial charge in [-0.3, -0.25) is 4.79 Å². The van der Waals surface area contributed by atoms with Crippen molar-refractivity contribution >= 4 is 5.78 Å². The number of carbonyl (C=O) groups excluding carboxylic acids is 1. The molecule has 1 saturated carbocycles. The molecule has 0 atom stereocenters. The number of benzene rings is 1. The van der Waals surface area contributed by atoms with E-state index in [1.807, 2.05) is 12.1 Å². The van der Waals surface area contributed by atoms with Crippen LogP contribution >= 0.6 is 0 Å². The van der Waals surface area contributed by atoms with Crippen molar-refractivity contribution in [3.05, 3.63) is 29.8 Å². The molecule has 1 aromatic rings. The minimum atomic E-state index is 0.292. The van der Waals surface area contributed by atoms with Crippen molar-refractivity contribution in [2.45, 2.75) is 51.4 Å². The molecule has 0 amide bonds. The van der Waals surface area contributed by atoms with Crippen LogP contribution in [-0.2, 0) is 16.0 Å². The van der Waals surface area contributed by atoms with Gasteiger partial charge in [0.2, 0.25) is 0 Å². The van der Waals surface area contributed by atoms with Gasteiger partial charge in [0.05, 0.1) is 0 Å². The number of aryl methyl sites for hydroxylation is 1. The molecule has 116 valence electrons. The minimum absolute atomic E-state index is 0.292. The molecule has 0 saturated heterocycles. The summed E-state index contributed by atoms with van der Waals surface area (Å²) < 4.78 is 10.3. The van der Waals surface area contributed by atoms with E-state index in [9.17, 15) is 4.79 Å². The zero-order valence-corrected chi connectivity index (χ0v) is 13.0. The predicted molar refractivity (Wildman–Crippen MR) is 83.5 cm³/mol. The van der Waals surface area contributed by atoms with Gasteiger partial charge in [0.15, 0.2) is 6.79 Å². The number of hydrogen-bond donors (Lipinski definition) is 0.